The molecule has 5 fully saturated rings. The van der Waals surface area contributed by atoms with Gasteiger partial charge in [0, 0.05) is 22.6 Å². The van der Waals surface area contributed by atoms with Crippen LogP contribution in [0.5, 0.6) is 5.75 Å². The molecule has 0 spiro atoms. The highest BCUT2D eigenvalue weighted by Gasteiger charge is 2.51. The monoisotopic (exact) mass is 435 g/mol. The van der Waals surface area contributed by atoms with Crippen LogP contribution in [0.3, 0.4) is 0 Å². The van der Waals surface area contributed by atoms with E-state index in [1.165, 1.54) is 55.0 Å². The summed E-state index contributed by atoms with van der Waals surface area (Å²) in [6.45, 7) is 4.08. The Morgan fingerprint density at radius 2 is 1.78 bits per heavy atom. The van der Waals surface area contributed by atoms with Crippen molar-refractivity contribution < 1.29 is 9.53 Å². The van der Waals surface area contributed by atoms with E-state index in [0.717, 1.165) is 49.4 Å². The highest BCUT2D eigenvalue weighted by Crippen LogP contribution is 2.55. The van der Waals surface area contributed by atoms with Crippen LogP contribution in [-0.4, -0.2) is 47.6 Å². The van der Waals surface area contributed by atoms with Crippen molar-refractivity contribution in [2.45, 2.75) is 75.8 Å². The Morgan fingerprint density at radius 3 is 2.41 bits per heavy atom. The third-order valence-corrected chi connectivity index (χ3v) is 9.24. The number of fused-ring (bicyclic) bond motifs is 1. The van der Waals surface area contributed by atoms with Gasteiger partial charge in [0.25, 0.3) is 0 Å². The number of aromatic amines is 1. The van der Waals surface area contributed by atoms with E-state index in [2.05, 4.69) is 40.5 Å². The summed E-state index contributed by atoms with van der Waals surface area (Å²) in [5, 5.41) is 4.87. The lowest BCUT2D eigenvalue weighted by Crippen LogP contribution is -2.62. The van der Waals surface area contributed by atoms with Gasteiger partial charge in [-0.3, -0.25) is 9.69 Å². The van der Waals surface area contributed by atoms with Crippen LogP contribution in [0, 0.1) is 17.8 Å². The molecule has 1 amide bonds. The minimum absolute atomic E-state index is 0.0352. The normalized spacial score (nSPS) is 33.5. The number of carbonyl (C=O) groups excluding carboxylic acids is 1. The predicted molar refractivity (Wildman–Crippen MR) is 127 cm³/mol. The fourth-order valence-electron chi connectivity index (χ4n) is 7.98. The van der Waals surface area contributed by atoms with Gasteiger partial charge < -0.3 is 15.0 Å². The number of amides is 1. The number of H-pyrrole nitrogens is 1. The number of aromatic nitrogens is 1. The van der Waals surface area contributed by atoms with Crippen molar-refractivity contribution in [2.24, 2.45) is 17.8 Å². The summed E-state index contributed by atoms with van der Waals surface area (Å²) in [6, 6.07) is 6.22. The third-order valence-electron chi connectivity index (χ3n) is 9.24. The lowest BCUT2D eigenvalue weighted by atomic mass is 9.53. The lowest BCUT2D eigenvalue weighted by molar-refractivity contribution is -0.132. The van der Waals surface area contributed by atoms with Gasteiger partial charge >= 0.3 is 0 Å². The SMILES string of the molecule is COc1ccc2[nH]cc(C3CCN(C(C)C(=O)NC45CC6CC(CC(C6)C4)C5)CC3)c2c1. The summed E-state index contributed by atoms with van der Waals surface area (Å²) >= 11 is 0. The molecule has 1 unspecified atom stereocenters. The first-order chi connectivity index (χ1) is 15.5. The zero-order valence-electron chi connectivity index (χ0n) is 19.5. The fourth-order valence-corrected chi connectivity index (χ4v) is 7.98. The molecular weight excluding hydrogens is 398 g/mol. The third kappa shape index (κ3) is 3.53. The molecule has 4 saturated carbocycles. The van der Waals surface area contributed by atoms with Gasteiger partial charge in [-0.1, -0.05) is 0 Å². The van der Waals surface area contributed by atoms with Gasteiger partial charge in [-0.05, 0) is 119 Å². The molecule has 5 nitrogen and oxygen atoms in total. The number of carbonyl (C=O) groups is 1. The van der Waals surface area contributed by atoms with E-state index in [1.54, 1.807) is 7.11 Å². The van der Waals surface area contributed by atoms with Crippen molar-refractivity contribution in [2.75, 3.05) is 20.2 Å². The van der Waals surface area contributed by atoms with E-state index in [0.29, 0.717) is 5.92 Å². The van der Waals surface area contributed by atoms with Crippen molar-refractivity contribution in [3.05, 3.63) is 30.0 Å². The molecule has 0 radical (unpaired) electrons. The molecule has 5 heteroatoms. The Kier molecular flexibility index (Phi) is 5.01. The molecular formula is C27H37N3O2. The second-order valence-electron chi connectivity index (χ2n) is 11.3. The van der Waals surface area contributed by atoms with Crippen LogP contribution < -0.4 is 10.1 Å². The van der Waals surface area contributed by atoms with Crippen LogP contribution >= 0.6 is 0 Å². The molecule has 32 heavy (non-hydrogen) atoms. The Labute approximate surface area is 191 Å². The molecule has 7 rings (SSSR count). The summed E-state index contributed by atoms with van der Waals surface area (Å²) in [5.41, 5.74) is 2.68. The number of rotatable bonds is 5. The molecule has 1 saturated heterocycles. The van der Waals surface area contributed by atoms with Gasteiger partial charge in [0.05, 0.1) is 13.2 Å². The number of piperidine rings is 1. The average molecular weight is 436 g/mol. The molecule has 4 aliphatic carbocycles. The quantitative estimate of drug-likeness (QED) is 0.707. The second-order valence-corrected chi connectivity index (χ2v) is 11.3. The van der Waals surface area contributed by atoms with Gasteiger partial charge in [-0.2, -0.15) is 0 Å². The number of nitrogens with one attached hydrogen (secondary N) is 2. The van der Waals surface area contributed by atoms with Crippen molar-refractivity contribution in [1.82, 2.24) is 15.2 Å². The minimum Gasteiger partial charge on any atom is -0.497 e. The highest BCUT2D eigenvalue weighted by molar-refractivity contribution is 5.85. The number of hydrogen-bond donors (Lipinski definition) is 2. The largest absolute Gasteiger partial charge is 0.497 e. The second kappa shape index (κ2) is 7.79. The molecule has 2 aromatic rings. The number of nitrogens with zero attached hydrogens (tertiary/aromatic N) is 1. The van der Waals surface area contributed by atoms with E-state index < -0.39 is 0 Å². The standard InChI is InChI=1S/C27H37N3O2/c1-17(26(31)29-27-13-18-9-19(14-27)11-20(10-18)15-27)30-7-5-21(6-8-30)24-16-28-25-4-3-22(32-2)12-23(24)25/h3-4,12,16-21,28H,5-11,13-15H2,1-2H3,(H,29,31). The zero-order chi connectivity index (χ0) is 21.9. The summed E-state index contributed by atoms with van der Waals surface area (Å²) in [5.74, 6) is 4.30. The molecule has 5 aliphatic rings. The topological polar surface area (TPSA) is 57.4 Å². The van der Waals surface area contributed by atoms with Crippen LogP contribution in [0.15, 0.2) is 24.4 Å². The number of ether oxygens (including phenoxy) is 1. The Bertz CT molecular complexity index is 968. The molecule has 1 aromatic carbocycles. The fraction of sp³-hybridized carbons (Fsp3) is 0.667. The van der Waals surface area contributed by atoms with Crippen molar-refractivity contribution >= 4 is 16.8 Å². The smallest absolute Gasteiger partial charge is 0.237 e. The molecule has 1 atom stereocenters. The summed E-state index contributed by atoms with van der Waals surface area (Å²) in [4.78, 5) is 19.1. The van der Waals surface area contributed by atoms with Crippen molar-refractivity contribution in [3.8, 4) is 5.75 Å². The lowest BCUT2D eigenvalue weighted by Gasteiger charge is -2.57. The molecule has 2 N–H and O–H groups in total. The summed E-state index contributed by atoms with van der Waals surface area (Å²) in [7, 11) is 1.72. The van der Waals surface area contributed by atoms with Gasteiger partial charge in [0.15, 0.2) is 0 Å². The van der Waals surface area contributed by atoms with E-state index in [9.17, 15) is 4.79 Å². The number of benzene rings is 1. The maximum atomic E-state index is 13.3. The first-order valence-corrected chi connectivity index (χ1v) is 12.7. The van der Waals surface area contributed by atoms with E-state index in [-0.39, 0.29) is 17.5 Å². The maximum Gasteiger partial charge on any atom is 0.237 e. The summed E-state index contributed by atoms with van der Waals surface area (Å²) in [6.07, 6.45) is 12.3. The van der Waals surface area contributed by atoms with Crippen molar-refractivity contribution in [1.29, 1.82) is 0 Å². The van der Waals surface area contributed by atoms with Gasteiger partial charge in [0.2, 0.25) is 5.91 Å². The number of methoxy groups -OCH3 is 1. The predicted octanol–water partition coefficient (Wildman–Crippen LogP) is 4.83. The molecule has 1 aromatic heterocycles. The van der Waals surface area contributed by atoms with E-state index >= 15 is 0 Å². The summed E-state index contributed by atoms with van der Waals surface area (Å²) < 4.78 is 5.44. The van der Waals surface area contributed by atoms with Crippen LogP contribution in [0.2, 0.25) is 0 Å². The first-order valence-electron chi connectivity index (χ1n) is 12.7. The van der Waals surface area contributed by atoms with Crippen LogP contribution in [0.25, 0.3) is 10.9 Å². The Balaban J connectivity index is 1.09. The Morgan fingerprint density at radius 1 is 1.12 bits per heavy atom. The first kappa shape index (κ1) is 20.6. The number of hydrogen-bond acceptors (Lipinski definition) is 3. The maximum absolute atomic E-state index is 13.3. The van der Waals surface area contributed by atoms with Gasteiger partial charge in [-0.25, -0.2) is 0 Å². The van der Waals surface area contributed by atoms with Gasteiger partial charge in [0.1, 0.15) is 5.75 Å². The average Bonchev–Trinajstić information content (AvgIpc) is 3.20. The van der Waals surface area contributed by atoms with Crippen LogP contribution in [0.1, 0.15) is 69.8 Å². The van der Waals surface area contributed by atoms with E-state index in [4.69, 9.17) is 4.74 Å². The zero-order valence-corrected chi connectivity index (χ0v) is 19.5. The van der Waals surface area contributed by atoms with Crippen LogP contribution in [-0.2, 0) is 4.79 Å². The number of likely N-dealkylation sites (tertiary alicyclic amines) is 1. The van der Waals surface area contributed by atoms with Gasteiger partial charge in [-0.15, -0.1) is 0 Å². The highest BCUT2D eigenvalue weighted by atomic mass is 16.5. The van der Waals surface area contributed by atoms with E-state index in [1.807, 2.05) is 6.07 Å². The van der Waals surface area contributed by atoms with Crippen LogP contribution in [0.4, 0.5) is 0 Å². The molecule has 2 heterocycles. The molecule has 172 valence electrons. The minimum atomic E-state index is -0.0352. The molecule has 1 aliphatic heterocycles. The Hall–Kier alpha value is -2.01. The van der Waals surface area contributed by atoms with Crippen molar-refractivity contribution in [3.63, 3.8) is 0 Å². The molecule has 4 bridgehead atoms.